The number of thiazole rings is 1. The Morgan fingerprint density at radius 3 is 2.68 bits per heavy atom. The number of carbonyl (C=O) groups is 1. The first-order valence-corrected chi connectivity index (χ1v) is 12.2. The van der Waals surface area contributed by atoms with Crippen LogP contribution in [0.15, 0.2) is 52.4 Å². The van der Waals surface area contributed by atoms with E-state index < -0.39 is 0 Å². The fourth-order valence-electron chi connectivity index (χ4n) is 2.71. The minimum Gasteiger partial charge on any atom is -0.497 e. The SMILES string of the molecule is COc1ccc2sc(=NC(=O)CCSc3ccc(C)cc3)n(CCSC)c2c1. The zero-order chi connectivity index (χ0) is 19.9. The predicted octanol–water partition coefficient (Wildman–Crippen LogP) is 4.99. The zero-order valence-corrected chi connectivity index (χ0v) is 18.8. The molecule has 3 rings (SSSR count). The van der Waals surface area contributed by atoms with Crippen LogP contribution in [0.4, 0.5) is 0 Å². The van der Waals surface area contributed by atoms with Crippen molar-refractivity contribution in [2.24, 2.45) is 4.99 Å². The van der Waals surface area contributed by atoms with Crippen LogP contribution in [0, 0.1) is 6.92 Å². The molecule has 1 amide bonds. The van der Waals surface area contributed by atoms with E-state index in [-0.39, 0.29) is 5.91 Å². The van der Waals surface area contributed by atoms with Gasteiger partial charge in [0.15, 0.2) is 4.80 Å². The number of rotatable bonds is 8. The van der Waals surface area contributed by atoms with Crippen LogP contribution in [0.1, 0.15) is 12.0 Å². The maximum absolute atomic E-state index is 12.5. The molecule has 1 aromatic heterocycles. The molecule has 0 aliphatic carbocycles. The van der Waals surface area contributed by atoms with Gasteiger partial charge in [-0.05, 0) is 37.4 Å². The number of methoxy groups -OCH3 is 1. The molecule has 0 aliphatic heterocycles. The Bertz CT molecular complexity index is 1010. The molecular formula is C21H24N2O2S3. The second kappa shape index (κ2) is 10.2. The second-order valence-corrected chi connectivity index (χ2v) is 9.44. The normalized spacial score (nSPS) is 11.9. The first kappa shape index (κ1) is 21.0. The highest BCUT2D eigenvalue weighted by Gasteiger charge is 2.09. The van der Waals surface area contributed by atoms with Crippen LogP contribution >= 0.6 is 34.9 Å². The van der Waals surface area contributed by atoms with Gasteiger partial charge in [0.25, 0.3) is 0 Å². The molecule has 4 nitrogen and oxygen atoms in total. The van der Waals surface area contributed by atoms with Crippen molar-refractivity contribution in [2.45, 2.75) is 24.8 Å². The number of ether oxygens (including phenoxy) is 1. The van der Waals surface area contributed by atoms with E-state index in [4.69, 9.17) is 4.74 Å². The highest BCUT2D eigenvalue weighted by molar-refractivity contribution is 7.99. The van der Waals surface area contributed by atoms with E-state index in [0.29, 0.717) is 6.42 Å². The zero-order valence-electron chi connectivity index (χ0n) is 16.3. The highest BCUT2D eigenvalue weighted by atomic mass is 32.2. The molecule has 3 aromatic rings. The summed E-state index contributed by atoms with van der Waals surface area (Å²) in [6.45, 7) is 2.89. The largest absolute Gasteiger partial charge is 0.497 e. The Kier molecular flexibility index (Phi) is 7.65. The lowest BCUT2D eigenvalue weighted by atomic mass is 10.2. The van der Waals surface area contributed by atoms with Gasteiger partial charge in [-0.15, -0.1) is 11.8 Å². The average Bonchev–Trinajstić information content (AvgIpc) is 3.03. The van der Waals surface area contributed by atoms with Crippen molar-refractivity contribution >= 4 is 51.0 Å². The Balaban J connectivity index is 1.77. The Hall–Kier alpha value is -1.70. The van der Waals surface area contributed by atoms with Crippen molar-refractivity contribution in [3.05, 3.63) is 52.8 Å². The lowest BCUT2D eigenvalue weighted by Crippen LogP contribution is -2.18. The molecule has 0 N–H and O–H groups in total. The number of hydrogen-bond acceptors (Lipinski definition) is 5. The number of amides is 1. The summed E-state index contributed by atoms with van der Waals surface area (Å²) in [5.41, 5.74) is 2.31. The van der Waals surface area contributed by atoms with Gasteiger partial charge in [-0.3, -0.25) is 4.79 Å². The van der Waals surface area contributed by atoms with Crippen molar-refractivity contribution in [1.29, 1.82) is 0 Å². The lowest BCUT2D eigenvalue weighted by molar-refractivity contribution is -0.117. The first-order chi connectivity index (χ1) is 13.6. The van der Waals surface area contributed by atoms with Gasteiger partial charge in [-0.2, -0.15) is 16.8 Å². The molecule has 0 fully saturated rings. The van der Waals surface area contributed by atoms with Gasteiger partial charge in [0.1, 0.15) is 5.75 Å². The van der Waals surface area contributed by atoms with Gasteiger partial charge in [-0.25, -0.2) is 0 Å². The van der Waals surface area contributed by atoms with E-state index in [1.54, 1.807) is 42.0 Å². The van der Waals surface area contributed by atoms with Gasteiger partial charge >= 0.3 is 0 Å². The van der Waals surface area contributed by atoms with Crippen LogP contribution in [-0.4, -0.2) is 35.3 Å². The number of carbonyl (C=O) groups excluding carboxylic acids is 1. The highest BCUT2D eigenvalue weighted by Crippen LogP contribution is 2.23. The predicted molar refractivity (Wildman–Crippen MR) is 122 cm³/mol. The molecule has 148 valence electrons. The van der Waals surface area contributed by atoms with Gasteiger partial charge < -0.3 is 9.30 Å². The van der Waals surface area contributed by atoms with Crippen molar-refractivity contribution in [3.63, 3.8) is 0 Å². The molecular weight excluding hydrogens is 408 g/mol. The summed E-state index contributed by atoms with van der Waals surface area (Å²) >= 11 is 5.03. The molecule has 0 radical (unpaired) electrons. The maximum atomic E-state index is 12.5. The smallest absolute Gasteiger partial charge is 0.249 e. The number of aromatic nitrogens is 1. The van der Waals surface area contributed by atoms with E-state index in [1.807, 2.05) is 18.2 Å². The fourth-order valence-corrected chi connectivity index (χ4v) is 4.97. The number of fused-ring (bicyclic) bond motifs is 1. The van der Waals surface area contributed by atoms with Crippen LogP contribution in [0.25, 0.3) is 10.2 Å². The molecule has 0 unspecified atom stereocenters. The summed E-state index contributed by atoms with van der Waals surface area (Å²) in [4.78, 5) is 18.8. The standard InChI is InChI=1S/C21H24N2O2S3/c1-15-4-7-17(8-5-15)27-12-10-20(24)22-21-23(11-13-26-3)18-14-16(25-2)6-9-19(18)28-21/h4-9,14H,10-13H2,1-3H3. The summed E-state index contributed by atoms with van der Waals surface area (Å²) in [6.07, 6.45) is 2.51. The van der Waals surface area contributed by atoms with Crippen LogP contribution in [0.2, 0.25) is 0 Å². The van der Waals surface area contributed by atoms with E-state index in [1.165, 1.54) is 10.5 Å². The molecule has 0 saturated heterocycles. The van der Waals surface area contributed by atoms with Gasteiger partial charge in [0.05, 0.1) is 17.3 Å². The molecule has 0 bridgehead atoms. The topological polar surface area (TPSA) is 43.6 Å². The monoisotopic (exact) mass is 432 g/mol. The minimum absolute atomic E-state index is 0.0731. The van der Waals surface area contributed by atoms with Gasteiger partial charge in [0, 0.05) is 35.4 Å². The number of thioether (sulfide) groups is 2. The second-order valence-electron chi connectivity index (χ2n) is 6.28. The average molecular weight is 433 g/mol. The van der Waals surface area contributed by atoms with Crippen LogP contribution in [0.5, 0.6) is 5.75 Å². The number of aryl methyl sites for hydroxylation is 2. The van der Waals surface area contributed by atoms with Crippen LogP contribution < -0.4 is 9.54 Å². The van der Waals surface area contributed by atoms with Gasteiger partial charge in [0.2, 0.25) is 5.91 Å². The molecule has 0 spiro atoms. The molecule has 0 aliphatic rings. The molecule has 28 heavy (non-hydrogen) atoms. The Morgan fingerprint density at radius 2 is 1.96 bits per heavy atom. The number of nitrogens with zero attached hydrogens (tertiary/aromatic N) is 2. The third kappa shape index (κ3) is 5.43. The summed E-state index contributed by atoms with van der Waals surface area (Å²) in [7, 11) is 1.67. The minimum atomic E-state index is -0.0731. The van der Waals surface area contributed by atoms with Crippen LogP contribution in [0.3, 0.4) is 0 Å². The third-order valence-corrected chi connectivity index (χ3v) is 6.90. The Morgan fingerprint density at radius 1 is 1.18 bits per heavy atom. The summed E-state index contributed by atoms with van der Waals surface area (Å²) < 4.78 is 8.60. The van der Waals surface area contributed by atoms with Crippen molar-refractivity contribution in [3.8, 4) is 5.75 Å². The van der Waals surface area contributed by atoms with Crippen molar-refractivity contribution in [1.82, 2.24) is 4.57 Å². The molecule has 0 atom stereocenters. The molecule has 0 saturated carbocycles. The third-order valence-electron chi connectivity index (χ3n) is 4.23. The van der Waals surface area contributed by atoms with Gasteiger partial charge in [-0.1, -0.05) is 29.0 Å². The molecule has 1 heterocycles. The fraction of sp³-hybridized carbons (Fsp3) is 0.333. The van der Waals surface area contributed by atoms with E-state index in [9.17, 15) is 4.79 Å². The lowest BCUT2D eigenvalue weighted by Gasteiger charge is -2.05. The van der Waals surface area contributed by atoms with E-state index >= 15 is 0 Å². The summed E-state index contributed by atoms with van der Waals surface area (Å²) in [5, 5.41) is 0. The number of benzene rings is 2. The van der Waals surface area contributed by atoms with Crippen molar-refractivity contribution in [2.75, 3.05) is 24.9 Å². The summed E-state index contributed by atoms with van der Waals surface area (Å²) in [5.74, 6) is 2.44. The van der Waals surface area contributed by atoms with E-state index in [0.717, 1.165) is 38.8 Å². The van der Waals surface area contributed by atoms with Crippen molar-refractivity contribution < 1.29 is 9.53 Å². The Labute approximate surface area is 178 Å². The summed E-state index contributed by atoms with van der Waals surface area (Å²) in [6, 6.07) is 14.4. The van der Waals surface area contributed by atoms with Crippen LogP contribution in [-0.2, 0) is 11.3 Å². The first-order valence-electron chi connectivity index (χ1n) is 9.04. The molecule has 7 heteroatoms. The number of hydrogen-bond donors (Lipinski definition) is 0. The van der Waals surface area contributed by atoms with E-state index in [2.05, 4.69) is 47.0 Å². The maximum Gasteiger partial charge on any atom is 0.249 e. The quantitative estimate of drug-likeness (QED) is 0.470. The molecule has 2 aromatic carbocycles.